The van der Waals surface area contributed by atoms with Gasteiger partial charge in [-0.1, -0.05) is 18.2 Å². The van der Waals surface area contributed by atoms with Gasteiger partial charge in [0.25, 0.3) is 0 Å². The van der Waals surface area contributed by atoms with Gasteiger partial charge in [0.2, 0.25) is 0 Å². The van der Waals surface area contributed by atoms with Gasteiger partial charge in [0.05, 0.1) is 0 Å². The molecule has 5 nitrogen and oxygen atoms in total. The fourth-order valence-corrected chi connectivity index (χ4v) is 3.14. The van der Waals surface area contributed by atoms with E-state index >= 15 is 0 Å². The molecule has 0 amide bonds. The third-order valence-corrected chi connectivity index (χ3v) is 4.23. The van der Waals surface area contributed by atoms with Crippen LogP contribution in [0.3, 0.4) is 0 Å². The van der Waals surface area contributed by atoms with Gasteiger partial charge in [0, 0.05) is 28.6 Å². The van der Waals surface area contributed by atoms with Crippen molar-refractivity contribution in [2.24, 2.45) is 0 Å². The van der Waals surface area contributed by atoms with Gasteiger partial charge < -0.3 is 19.6 Å². The zero-order valence-electron chi connectivity index (χ0n) is 13.0. The molecular weight excluding hydrogens is 306 g/mol. The van der Waals surface area contributed by atoms with E-state index in [-0.39, 0.29) is 6.42 Å². The summed E-state index contributed by atoms with van der Waals surface area (Å²) in [5.41, 5.74) is 3.93. The van der Waals surface area contributed by atoms with E-state index in [0.29, 0.717) is 19.6 Å². The number of hydrogen-bond donors (Lipinski definition) is 2. The summed E-state index contributed by atoms with van der Waals surface area (Å²) in [4.78, 5) is 14.4. The van der Waals surface area contributed by atoms with Crippen LogP contribution in [-0.2, 0) is 11.2 Å². The van der Waals surface area contributed by atoms with Crippen LogP contribution in [0.1, 0.15) is 12.0 Å². The monoisotopic (exact) mass is 323 g/mol. The second kappa shape index (κ2) is 5.92. The molecule has 122 valence electrons. The maximum Gasteiger partial charge on any atom is 0.303 e. The van der Waals surface area contributed by atoms with Crippen molar-refractivity contribution in [1.29, 1.82) is 0 Å². The molecule has 0 aliphatic carbocycles. The highest BCUT2D eigenvalue weighted by molar-refractivity contribution is 5.91. The number of carbonyl (C=O) groups is 1. The third-order valence-electron chi connectivity index (χ3n) is 4.23. The number of para-hydroxylation sites is 1. The number of nitrogens with one attached hydrogen (secondary N) is 1. The molecule has 0 atom stereocenters. The maximum absolute atomic E-state index is 11.0. The lowest BCUT2D eigenvalue weighted by atomic mass is 10.0. The highest BCUT2D eigenvalue weighted by atomic mass is 16.6. The van der Waals surface area contributed by atoms with Crippen molar-refractivity contribution in [3.8, 4) is 22.8 Å². The van der Waals surface area contributed by atoms with Crippen LogP contribution in [0.25, 0.3) is 22.2 Å². The summed E-state index contributed by atoms with van der Waals surface area (Å²) in [6.07, 6.45) is 0.572. The van der Waals surface area contributed by atoms with Gasteiger partial charge in [0.1, 0.15) is 13.2 Å². The average Bonchev–Trinajstić information content (AvgIpc) is 2.98. The zero-order chi connectivity index (χ0) is 16.5. The molecule has 24 heavy (non-hydrogen) atoms. The number of hydrogen-bond acceptors (Lipinski definition) is 3. The van der Waals surface area contributed by atoms with Crippen molar-refractivity contribution in [1.82, 2.24) is 4.98 Å². The molecule has 2 heterocycles. The molecule has 4 rings (SSSR count). The van der Waals surface area contributed by atoms with Crippen LogP contribution < -0.4 is 9.47 Å². The third kappa shape index (κ3) is 2.58. The van der Waals surface area contributed by atoms with Crippen LogP contribution in [0, 0.1) is 0 Å². The molecule has 1 aliphatic heterocycles. The van der Waals surface area contributed by atoms with Crippen LogP contribution in [-0.4, -0.2) is 29.3 Å². The van der Waals surface area contributed by atoms with Gasteiger partial charge in [-0.2, -0.15) is 0 Å². The van der Waals surface area contributed by atoms with E-state index < -0.39 is 5.97 Å². The van der Waals surface area contributed by atoms with E-state index in [9.17, 15) is 4.79 Å². The Morgan fingerprint density at radius 3 is 2.71 bits per heavy atom. The highest BCUT2D eigenvalue weighted by Crippen LogP contribution is 2.37. The van der Waals surface area contributed by atoms with Crippen LogP contribution in [0.15, 0.2) is 42.5 Å². The Morgan fingerprint density at radius 2 is 1.88 bits per heavy atom. The number of benzene rings is 2. The topological polar surface area (TPSA) is 71.6 Å². The van der Waals surface area contributed by atoms with E-state index in [2.05, 4.69) is 4.98 Å². The first kappa shape index (κ1) is 14.6. The predicted octanol–water partition coefficient (Wildman–Crippen LogP) is 3.62. The lowest BCUT2D eigenvalue weighted by Crippen LogP contribution is -2.15. The number of rotatable bonds is 4. The van der Waals surface area contributed by atoms with Crippen molar-refractivity contribution < 1.29 is 19.4 Å². The van der Waals surface area contributed by atoms with E-state index in [1.165, 1.54) is 0 Å². The van der Waals surface area contributed by atoms with Crippen molar-refractivity contribution in [3.63, 3.8) is 0 Å². The maximum atomic E-state index is 11.0. The van der Waals surface area contributed by atoms with Crippen molar-refractivity contribution in [2.45, 2.75) is 12.8 Å². The second-order valence-electron chi connectivity index (χ2n) is 5.78. The second-order valence-corrected chi connectivity index (χ2v) is 5.78. The summed E-state index contributed by atoms with van der Waals surface area (Å²) < 4.78 is 11.2. The van der Waals surface area contributed by atoms with Crippen molar-refractivity contribution >= 4 is 16.9 Å². The van der Waals surface area contributed by atoms with E-state index in [4.69, 9.17) is 14.6 Å². The smallest absolute Gasteiger partial charge is 0.303 e. The van der Waals surface area contributed by atoms with Crippen molar-refractivity contribution in [3.05, 3.63) is 48.0 Å². The summed E-state index contributed by atoms with van der Waals surface area (Å²) in [6.45, 7) is 1.09. The minimum absolute atomic E-state index is 0.0966. The van der Waals surface area contributed by atoms with E-state index in [0.717, 1.165) is 39.2 Å². The van der Waals surface area contributed by atoms with Crippen LogP contribution in [0.5, 0.6) is 11.5 Å². The summed E-state index contributed by atoms with van der Waals surface area (Å²) in [7, 11) is 0. The first-order valence-electron chi connectivity index (χ1n) is 7.94. The molecule has 5 heteroatoms. The summed E-state index contributed by atoms with van der Waals surface area (Å²) in [5, 5.41) is 10.1. The number of fused-ring (bicyclic) bond motifs is 2. The number of aliphatic carboxylic acids is 1. The number of ether oxygens (including phenoxy) is 2. The van der Waals surface area contributed by atoms with Gasteiger partial charge >= 0.3 is 5.97 Å². The number of carboxylic acids is 1. The minimum atomic E-state index is -0.798. The summed E-state index contributed by atoms with van der Waals surface area (Å²) in [6, 6.07) is 13.8. The fourth-order valence-electron chi connectivity index (χ4n) is 3.14. The fraction of sp³-hybridized carbons (Fsp3) is 0.211. The molecule has 1 aromatic heterocycles. The Hall–Kier alpha value is -2.95. The summed E-state index contributed by atoms with van der Waals surface area (Å²) in [5.74, 6) is 0.670. The molecule has 0 saturated heterocycles. The Bertz CT molecular complexity index is 913. The highest BCUT2D eigenvalue weighted by Gasteiger charge is 2.17. The Morgan fingerprint density at radius 1 is 1.08 bits per heavy atom. The van der Waals surface area contributed by atoms with Crippen LogP contribution in [0.2, 0.25) is 0 Å². The van der Waals surface area contributed by atoms with Crippen LogP contribution in [0.4, 0.5) is 0 Å². The minimum Gasteiger partial charge on any atom is -0.486 e. The largest absolute Gasteiger partial charge is 0.486 e. The lowest BCUT2D eigenvalue weighted by molar-refractivity contribution is -0.136. The first-order chi connectivity index (χ1) is 11.7. The van der Waals surface area contributed by atoms with Gasteiger partial charge in [-0.3, -0.25) is 4.79 Å². The standard InChI is InChI=1S/C19H17NO4/c21-18(22)8-6-14-13-3-1-2-4-15(13)20-19(14)12-5-7-16-17(11-12)24-10-9-23-16/h1-5,7,11,20H,6,8-10H2,(H,21,22). The lowest BCUT2D eigenvalue weighted by Gasteiger charge is -2.19. The molecule has 0 spiro atoms. The molecule has 1 aliphatic rings. The Kier molecular flexibility index (Phi) is 3.61. The van der Waals surface area contributed by atoms with Crippen LogP contribution >= 0.6 is 0 Å². The molecule has 0 radical (unpaired) electrons. The number of aromatic nitrogens is 1. The molecule has 0 saturated carbocycles. The summed E-state index contributed by atoms with van der Waals surface area (Å²) >= 11 is 0. The molecular formula is C19H17NO4. The number of carboxylic acid groups (broad SMARTS) is 1. The Labute approximate surface area is 138 Å². The average molecular weight is 323 g/mol. The molecule has 2 N–H and O–H groups in total. The van der Waals surface area contributed by atoms with Gasteiger partial charge in [-0.25, -0.2) is 0 Å². The van der Waals surface area contributed by atoms with Gasteiger partial charge in [-0.15, -0.1) is 0 Å². The molecule has 0 unspecified atom stereocenters. The molecule has 3 aromatic rings. The SMILES string of the molecule is O=C(O)CCc1c(-c2ccc3c(c2)OCCO3)[nH]c2ccccc12. The quantitative estimate of drug-likeness (QED) is 0.769. The normalized spacial score (nSPS) is 13.2. The van der Waals surface area contributed by atoms with E-state index in [1.807, 2.05) is 42.5 Å². The Balaban J connectivity index is 1.83. The van der Waals surface area contributed by atoms with E-state index in [1.54, 1.807) is 0 Å². The van der Waals surface area contributed by atoms with Gasteiger partial charge in [-0.05, 0) is 36.2 Å². The van der Waals surface area contributed by atoms with Crippen molar-refractivity contribution in [2.75, 3.05) is 13.2 Å². The van der Waals surface area contributed by atoms with Gasteiger partial charge in [0.15, 0.2) is 11.5 Å². The number of aryl methyl sites for hydroxylation is 1. The molecule has 2 aromatic carbocycles. The molecule has 0 bridgehead atoms. The predicted molar refractivity (Wildman–Crippen MR) is 90.7 cm³/mol. The first-order valence-corrected chi connectivity index (χ1v) is 7.94. The number of H-pyrrole nitrogens is 1. The molecule has 0 fully saturated rings. The zero-order valence-corrected chi connectivity index (χ0v) is 13.0. The number of aromatic amines is 1.